The molecule has 0 unspecified atom stereocenters. The second-order valence-electron chi connectivity index (χ2n) is 4.80. The SMILES string of the molecule is C/C(=C\C=C(/C)c1ccc(C)cc1)c1ccncc1. The number of hydrogen-bond acceptors (Lipinski definition) is 1. The highest BCUT2D eigenvalue weighted by molar-refractivity contribution is 5.71. The van der Waals surface area contributed by atoms with Gasteiger partial charge in [0.15, 0.2) is 0 Å². The Hall–Kier alpha value is -2.15. The number of rotatable bonds is 3. The van der Waals surface area contributed by atoms with Gasteiger partial charge >= 0.3 is 0 Å². The van der Waals surface area contributed by atoms with Gasteiger partial charge in [-0.1, -0.05) is 42.0 Å². The summed E-state index contributed by atoms with van der Waals surface area (Å²) in [5, 5.41) is 0. The van der Waals surface area contributed by atoms with Crippen molar-refractivity contribution in [2.75, 3.05) is 0 Å². The molecule has 0 atom stereocenters. The molecule has 1 nitrogen and oxygen atoms in total. The molecule has 19 heavy (non-hydrogen) atoms. The fourth-order valence-electron chi connectivity index (χ4n) is 1.87. The minimum absolute atomic E-state index is 1.21. The molecule has 2 aromatic rings. The van der Waals surface area contributed by atoms with Crippen molar-refractivity contribution in [3.8, 4) is 0 Å². The molecule has 2 rings (SSSR count). The third kappa shape index (κ3) is 3.65. The normalized spacial score (nSPS) is 12.6. The van der Waals surface area contributed by atoms with Crippen LogP contribution in [0.25, 0.3) is 11.1 Å². The highest BCUT2D eigenvalue weighted by Crippen LogP contribution is 2.17. The maximum atomic E-state index is 4.04. The number of nitrogens with zero attached hydrogens (tertiary/aromatic N) is 1. The molecule has 1 heterocycles. The lowest BCUT2D eigenvalue weighted by molar-refractivity contribution is 1.31. The van der Waals surface area contributed by atoms with Gasteiger partial charge < -0.3 is 0 Å². The molecule has 96 valence electrons. The first kappa shape index (κ1) is 13.3. The van der Waals surface area contributed by atoms with Gasteiger partial charge in [-0.15, -0.1) is 0 Å². The van der Waals surface area contributed by atoms with E-state index in [-0.39, 0.29) is 0 Å². The second kappa shape index (κ2) is 6.14. The minimum Gasteiger partial charge on any atom is -0.265 e. The molecular weight excluding hydrogens is 230 g/mol. The van der Waals surface area contributed by atoms with Gasteiger partial charge in [0.05, 0.1) is 0 Å². The van der Waals surface area contributed by atoms with E-state index in [4.69, 9.17) is 0 Å². The molecule has 0 bridgehead atoms. The highest BCUT2D eigenvalue weighted by Gasteiger charge is 1.95. The van der Waals surface area contributed by atoms with Crippen LogP contribution in [0.5, 0.6) is 0 Å². The molecule has 0 amide bonds. The van der Waals surface area contributed by atoms with E-state index in [0.29, 0.717) is 0 Å². The third-order valence-electron chi connectivity index (χ3n) is 3.23. The van der Waals surface area contributed by atoms with Gasteiger partial charge in [0.25, 0.3) is 0 Å². The first-order valence-corrected chi connectivity index (χ1v) is 6.49. The summed E-state index contributed by atoms with van der Waals surface area (Å²) in [6.07, 6.45) is 7.97. The molecule has 1 heteroatoms. The summed E-state index contributed by atoms with van der Waals surface area (Å²) in [6, 6.07) is 12.7. The van der Waals surface area contributed by atoms with Crippen LogP contribution in [0.2, 0.25) is 0 Å². The molecule has 0 saturated carbocycles. The summed E-state index contributed by atoms with van der Waals surface area (Å²) in [5.74, 6) is 0. The van der Waals surface area contributed by atoms with Crippen LogP contribution in [0, 0.1) is 6.92 Å². The van der Waals surface area contributed by atoms with E-state index in [1.807, 2.05) is 24.5 Å². The Bertz CT molecular complexity index is 589. The van der Waals surface area contributed by atoms with Crippen LogP contribution >= 0.6 is 0 Å². The molecule has 0 aliphatic rings. The van der Waals surface area contributed by atoms with Crippen LogP contribution in [0.3, 0.4) is 0 Å². The molecule has 0 spiro atoms. The van der Waals surface area contributed by atoms with E-state index in [2.05, 4.69) is 62.2 Å². The number of aryl methyl sites for hydroxylation is 1. The van der Waals surface area contributed by atoms with E-state index in [1.54, 1.807) is 0 Å². The Morgan fingerprint density at radius 3 is 1.79 bits per heavy atom. The minimum atomic E-state index is 1.21. The van der Waals surface area contributed by atoms with Crippen LogP contribution in [-0.2, 0) is 0 Å². The van der Waals surface area contributed by atoms with E-state index >= 15 is 0 Å². The van der Waals surface area contributed by atoms with Crippen molar-refractivity contribution in [3.63, 3.8) is 0 Å². The fourth-order valence-corrected chi connectivity index (χ4v) is 1.87. The number of aromatic nitrogens is 1. The van der Waals surface area contributed by atoms with Crippen molar-refractivity contribution in [1.82, 2.24) is 4.98 Å². The van der Waals surface area contributed by atoms with E-state index < -0.39 is 0 Å². The smallest absolute Gasteiger partial charge is 0.0273 e. The lowest BCUT2D eigenvalue weighted by atomic mass is 10.0. The Labute approximate surface area is 115 Å². The maximum absolute atomic E-state index is 4.04. The Kier molecular flexibility index (Phi) is 4.30. The van der Waals surface area contributed by atoms with Gasteiger partial charge in [-0.25, -0.2) is 0 Å². The van der Waals surface area contributed by atoms with Crippen molar-refractivity contribution in [3.05, 3.63) is 77.6 Å². The van der Waals surface area contributed by atoms with Gasteiger partial charge in [0.1, 0.15) is 0 Å². The van der Waals surface area contributed by atoms with Gasteiger partial charge in [-0.05, 0) is 55.2 Å². The average Bonchev–Trinajstić information content (AvgIpc) is 2.46. The van der Waals surface area contributed by atoms with E-state index in [0.717, 1.165) is 0 Å². The summed E-state index contributed by atoms with van der Waals surface area (Å²) < 4.78 is 0. The number of pyridine rings is 1. The topological polar surface area (TPSA) is 12.9 Å². The van der Waals surface area contributed by atoms with Crippen LogP contribution in [0.1, 0.15) is 30.5 Å². The largest absolute Gasteiger partial charge is 0.265 e. The zero-order chi connectivity index (χ0) is 13.7. The molecule has 1 aromatic heterocycles. The predicted octanol–water partition coefficient (Wildman–Crippen LogP) is 4.90. The fraction of sp³-hybridized carbons (Fsp3) is 0.167. The summed E-state index contributed by atoms with van der Waals surface area (Å²) in [5.41, 5.74) is 6.29. The monoisotopic (exact) mass is 249 g/mol. The molecule has 0 radical (unpaired) electrons. The molecule has 1 aromatic carbocycles. The van der Waals surface area contributed by atoms with Gasteiger partial charge in [0.2, 0.25) is 0 Å². The Morgan fingerprint density at radius 2 is 1.26 bits per heavy atom. The number of allylic oxidation sites excluding steroid dienone is 4. The predicted molar refractivity (Wildman–Crippen MR) is 82.7 cm³/mol. The highest BCUT2D eigenvalue weighted by atomic mass is 14.6. The quantitative estimate of drug-likeness (QED) is 0.705. The summed E-state index contributed by atoms with van der Waals surface area (Å²) in [6.45, 7) is 6.37. The standard InChI is InChI=1S/C18H19N/c1-14-4-8-17(9-5-14)15(2)6-7-16(3)18-10-12-19-13-11-18/h4-13H,1-3H3/b15-6+,16-7+. The van der Waals surface area contributed by atoms with E-state index in [1.165, 1.54) is 27.8 Å². The van der Waals surface area contributed by atoms with Crippen LogP contribution < -0.4 is 0 Å². The molecule has 0 fully saturated rings. The third-order valence-corrected chi connectivity index (χ3v) is 3.23. The first-order valence-electron chi connectivity index (χ1n) is 6.49. The van der Waals surface area contributed by atoms with Gasteiger partial charge in [-0.3, -0.25) is 4.98 Å². The Morgan fingerprint density at radius 1 is 0.789 bits per heavy atom. The number of benzene rings is 1. The van der Waals surface area contributed by atoms with Crippen molar-refractivity contribution in [1.29, 1.82) is 0 Å². The summed E-state index contributed by atoms with van der Waals surface area (Å²) in [7, 11) is 0. The van der Waals surface area contributed by atoms with Gasteiger partial charge in [-0.2, -0.15) is 0 Å². The summed E-state index contributed by atoms with van der Waals surface area (Å²) in [4.78, 5) is 4.04. The number of hydrogen-bond donors (Lipinski definition) is 0. The first-order chi connectivity index (χ1) is 9.16. The average molecular weight is 249 g/mol. The lowest BCUT2D eigenvalue weighted by Crippen LogP contribution is -1.81. The van der Waals surface area contributed by atoms with Crippen molar-refractivity contribution in [2.24, 2.45) is 0 Å². The van der Waals surface area contributed by atoms with Crippen LogP contribution in [-0.4, -0.2) is 4.98 Å². The summed E-state index contributed by atoms with van der Waals surface area (Å²) >= 11 is 0. The molecule has 0 saturated heterocycles. The van der Waals surface area contributed by atoms with E-state index in [9.17, 15) is 0 Å². The molecule has 0 aliphatic carbocycles. The zero-order valence-electron chi connectivity index (χ0n) is 11.7. The van der Waals surface area contributed by atoms with Crippen molar-refractivity contribution < 1.29 is 0 Å². The molecule has 0 N–H and O–H groups in total. The second-order valence-corrected chi connectivity index (χ2v) is 4.80. The molecule has 0 aliphatic heterocycles. The zero-order valence-corrected chi connectivity index (χ0v) is 11.7. The lowest BCUT2D eigenvalue weighted by Gasteiger charge is -2.02. The molecular formula is C18H19N. The van der Waals surface area contributed by atoms with Crippen molar-refractivity contribution >= 4 is 11.1 Å². The van der Waals surface area contributed by atoms with Crippen LogP contribution in [0.4, 0.5) is 0 Å². The van der Waals surface area contributed by atoms with Crippen molar-refractivity contribution in [2.45, 2.75) is 20.8 Å². The maximum Gasteiger partial charge on any atom is 0.0273 e. The Balaban J connectivity index is 2.20. The van der Waals surface area contributed by atoms with Crippen LogP contribution in [0.15, 0.2) is 60.9 Å². The van der Waals surface area contributed by atoms with Gasteiger partial charge in [0, 0.05) is 12.4 Å².